The first-order chi connectivity index (χ1) is 7.13. The lowest BCUT2D eigenvalue weighted by molar-refractivity contribution is 0.218. The lowest BCUT2D eigenvalue weighted by atomic mass is 10.3. The molecular weight excluding hydrogens is 188 g/mol. The van der Waals surface area contributed by atoms with E-state index in [9.17, 15) is 0 Å². The normalized spacial score (nSPS) is 11.3. The fourth-order valence-corrected chi connectivity index (χ4v) is 0.947. The van der Waals surface area contributed by atoms with Gasteiger partial charge >= 0.3 is 0 Å². The van der Waals surface area contributed by atoms with Crippen LogP contribution in [0.3, 0.4) is 0 Å². The standard InChI is InChI=1S/C10H16N2O.C2H6/c1-4-8(3)13-9-5-7(2)6-12-10(9)11;1-2/h5-6,8H,4H2,1-3H3,(H2,11,12);1-2H3. The molecule has 1 aromatic rings. The van der Waals surface area contributed by atoms with Crippen molar-refractivity contribution in [3.8, 4) is 5.75 Å². The van der Waals surface area contributed by atoms with E-state index in [1.165, 1.54) is 0 Å². The average Bonchev–Trinajstić information content (AvgIpc) is 2.26. The number of aryl methyl sites for hydroxylation is 1. The van der Waals surface area contributed by atoms with Gasteiger partial charge in [-0.2, -0.15) is 0 Å². The molecule has 0 aliphatic rings. The van der Waals surface area contributed by atoms with E-state index in [4.69, 9.17) is 10.5 Å². The predicted molar refractivity (Wildman–Crippen MR) is 65.1 cm³/mol. The molecular formula is C12H22N2O. The first kappa shape index (κ1) is 13.8. The Hall–Kier alpha value is -1.25. The monoisotopic (exact) mass is 210 g/mol. The molecule has 0 bridgehead atoms. The summed E-state index contributed by atoms with van der Waals surface area (Å²) in [6, 6.07) is 1.91. The molecule has 0 amide bonds. The lowest BCUT2D eigenvalue weighted by Gasteiger charge is -2.13. The topological polar surface area (TPSA) is 48.1 Å². The van der Waals surface area contributed by atoms with Crippen LogP contribution >= 0.6 is 0 Å². The van der Waals surface area contributed by atoms with Gasteiger partial charge in [0, 0.05) is 6.20 Å². The first-order valence-corrected chi connectivity index (χ1v) is 5.52. The smallest absolute Gasteiger partial charge is 0.166 e. The number of nitrogen functional groups attached to an aromatic ring is 1. The Bertz CT molecular complexity index is 287. The third-order valence-corrected chi connectivity index (χ3v) is 1.92. The molecule has 1 unspecified atom stereocenters. The maximum Gasteiger partial charge on any atom is 0.166 e. The zero-order valence-electron chi connectivity index (χ0n) is 10.4. The van der Waals surface area contributed by atoms with Crippen molar-refractivity contribution >= 4 is 5.82 Å². The van der Waals surface area contributed by atoms with Crippen LogP contribution in [0.1, 0.15) is 39.7 Å². The predicted octanol–water partition coefficient (Wildman–Crippen LogP) is 3.18. The van der Waals surface area contributed by atoms with Gasteiger partial charge in [-0.1, -0.05) is 20.8 Å². The Labute approximate surface area is 92.7 Å². The van der Waals surface area contributed by atoms with Gasteiger partial charge in [0.1, 0.15) is 0 Å². The van der Waals surface area contributed by atoms with Crippen molar-refractivity contribution in [1.29, 1.82) is 0 Å². The number of hydrogen-bond acceptors (Lipinski definition) is 3. The molecule has 1 aromatic heterocycles. The molecule has 1 heterocycles. The second kappa shape index (κ2) is 7.10. The highest BCUT2D eigenvalue weighted by Crippen LogP contribution is 2.21. The molecule has 86 valence electrons. The van der Waals surface area contributed by atoms with Gasteiger partial charge < -0.3 is 10.5 Å². The van der Waals surface area contributed by atoms with E-state index in [1.807, 2.05) is 33.8 Å². The summed E-state index contributed by atoms with van der Waals surface area (Å²) in [4.78, 5) is 4.02. The minimum atomic E-state index is 0.186. The van der Waals surface area contributed by atoms with E-state index in [1.54, 1.807) is 6.20 Å². The van der Waals surface area contributed by atoms with E-state index in [0.29, 0.717) is 11.6 Å². The van der Waals surface area contributed by atoms with Crippen molar-refractivity contribution in [2.45, 2.75) is 47.1 Å². The van der Waals surface area contributed by atoms with Crippen LogP contribution in [-0.2, 0) is 0 Å². The van der Waals surface area contributed by atoms with E-state index >= 15 is 0 Å². The van der Waals surface area contributed by atoms with Gasteiger partial charge in [-0.15, -0.1) is 0 Å². The highest BCUT2D eigenvalue weighted by molar-refractivity contribution is 5.46. The van der Waals surface area contributed by atoms with E-state index in [0.717, 1.165) is 12.0 Å². The van der Waals surface area contributed by atoms with Crippen LogP contribution in [0.2, 0.25) is 0 Å². The molecule has 3 nitrogen and oxygen atoms in total. The van der Waals surface area contributed by atoms with Crippen LogP contribution in [0.25, 0.3) is 0 Å². The Morgan fingerprint density at radius 1 is 1.47 bits per heavy atom. The number of ether oxygens (including phenoxy) is 1. The van der Waals surface area contributed by atoms with E-state index < -0.39 is 0 Å². The Morgan fingerprint density at radius 2 is 2.07 bits per heavy atom. The molecule has 0 aliphatic carbocycles. The van der Waals surface area contributed by atoms with Crippen LogP contribution in [0.15, 0.2) is 12.3 Å². The van der Waals surface area contributed by atoms with Gasteiger partial charge in [0.2, 0.25) is 0 Å². The van der Waals surface area contributed by atoms with Gasteiger partial charge in [-0.3, -0.25) is 0 Å². The summed E-state index contributed by atoms with van der Waals surface area (Å²) in [6.45, 7) is 10.1. The molecule has 1 atom stereocenters. The SMILES string of the molecule is CC.CCC(C)Oc1cc(C)cnc1N. The molecule has 0 fully saturated rings. The average molecular weight is 210 g/mol. The number of rotatable bonds is 3. The Kier molecular flexibility index (Phi) is 6.50. The quantitative estimate of drug-likeness (QED) is 0.833. The van der Waals surface area contributed by atoms with Gasteiger partial charge in [0.15, 0.2) is 11.6 Å². The number of pyridine rings is 1. The van der Waals surface area contributed by atoms with Crippen molar-refractivity contribution in [3.63, 3.8) is 0 Å². The number of nitrogens with two attached hydrogens (primary N) is 1. The van der Waals surface area contributed by atoms with Crippen LogP contribution in [-0.4, -0.2) is 11.1 Å². The summed E-state index contributed by atoms with van der Waals surface area (Å²) in [6.07, 6.45) is 2.89. The highest BCUT2D eigenvalue weighted by Gasteiger charge is 2.05. The molecule has 15 heavy (non-hydrogen) atoms. The van der Waals surface area contributed by atoms with Crippen LogP contribution in [0, 0.1) is 6.92 Å². The summed E-state index contributed by atoms with van der Waals surface area (Å²) < 4.78 is 5.59. The maximum atomic E-state index is 5.66. The Morgan fingerprint density at radius 3 is 2.60 bits per heavy atom. The van der Waals surface area contributed by atoms with Gasteiger partial charge in [0.25, 0.3) is 0 Å². The molecule has 0 aliphatic heterocycles. The molecule has 0 spiro atoms. The summed E-state index contributed by atoms with van der Waals surface area (Å²) in [5.41, 5.74) is 6.72. The molecule has 0 radical (unpaired) electrons. The summed E-state index contributed by atoms with van der Waals surface area (Å²) in [5.74, 6) is 1.15. The number of nitrogens with zero attached hydrogens (tertiary/aromatic N) is 1. The zero-order valence-corrected chi connectivity index (χ0v) is 10.4. The minimum Gasteiger partial charge on any atom is -0.487 e. The van der Waals surface area contributed by atoms with Crippen LogP contribution in [0.4, 0.5) is 5.82 Å². The molecule has 1 rings (SSSR count). The van der Waals surface area contributed by atoms with Crippen molar-refractivity contribution in [3.05, 3.63) is 17.8 Å². The zero-order chi connectivity index (χ0) is 11.8. The largest absolute Gasteiger partial charge is 0.487 e. The molecule has 0 saturated heterocycles. The summed E-state index contributed by atoms with van der Waals surface area (Å²) in [7, 11) is 0. The van der Waals surface area contributed by atoms with E-state index in [2.05, 4.69) is 11.9 Å². The van der Waals surface area contributed by atoms with Crippen molar-refractivity contribution in [1.82, 2.24) is 4.98 Å². The first-order valence-electron chi connectivity index (χ1n) is 5.52. The molecule has 3 heteroatoms. The third-order valence-electron chi connectivity index (χ3n) is 1.92. The number of aromatic nitrogens is 1. The molecule has 2 N–H and O–H groups in total. The van der Waals surface area contributed by atoms with Crippen LogP contribution < -0.4 is 10.5 Å². The minimum absolute atomic E-state index is 0.186. The van der Waals surface area contributed by atoms with Crippen molar-refractivity contribution in [2.24, 2.45) is 0 Å². The molecule has 0 saturated carbocycles. The van der Waals surface area contributed by atoms with Gasteiger partial charge in [-0.25, -0.2) is 4.98 Å². The van der Waals surface area contributed by atoms with Gasteiger partial charge in [-0.05, 0) is 31.9 Å². The maximum absolute atomic E-state index is 5.66. The van der Waals surface area contributed by atoms with Crippen molar-refractivity contribution < 1.29 is 4.74 Å². The van der Waals surface area contributed by atoms with Crippen molar-refractivity contribution in [2.75, 3.05) is 5.73 Å². The van der Waals surface area contributed by atoms with Crippen LogP contribution in [0.5, 0.6) is 5.75 Å². The highest BCUT2D eigenvalue weighted by atomic mass is 16.5. The lowest BCUT2D eigenvalue weighted by Crippen LogP contribution is -2.11. The molecule has 0 aromatic carbocycles. The Balaban J connectivity index is 0.000000921. The third kappa shape index (κ3) is 4.68. The fraction of sp³-hybridized carbons (Fsp3) is 0.583. The fourth-order valence-electron chi connectivity index (χ4n) is 0.947. The van der Waals surface area contributed by atoms with Gasteiger partial charge in [0.05, 0.1) is 6.10 Å². The second-order valence-corrected chi connectivity index (χ2v) is 3.23. The van der Waals surface area contributed by atoms with E-state index in [-0.39, 0.29) is 6.10 Å². The summed E-state index contributed by atoms with van der Waals surface area (Å²) >= 11 is 0. The second-order valence-electron chi connectivity index (χ2n) is 3.23. The number of hydrogen-bond donors (Lipinski definition) is 1. The summed E-state index contributed by atoms with van der Waals surface area (Å²) in [5, 5.41) is 0. The number of anilines is 1.